The predicted molar refractivity (Wildman–Crippen MR) is 69.5 cm³/mol. The topological polar surface area (TPSA) is 85.1 Å². The molecule has 1 unspecified atom stereocenters. The second kappa shape index (κ2) is 8.08. The van der Waals surface area contributed by atoms with Crippen LogP contribution in [0.15, 0.2) is 0 Å². The third kappa shape index (κ3) is 4.77. The Bertz CT molecular complexity index is 299. The van der Waals surface area contributed by atoms with Crippen molar-refractivity contribution in [1.82, 2.24) is 9.80 Å². The van der Waals surface area contributed by atoms with Gasteiger partial charge in [0.25, 0.3) is 0 Å². The van der Waals surface area contributed by atoms with Gasteiger partial charge in [0.1, 0.15) is 6.61 Å². The standard InChI is InChI=1S/C12H23N3O4/c1-18-9-12(17)15-5-3-14(4-6-15)11(16)7-10(8-13)19-2/h10H,3-9,13H2,1-2H3. The van der Waals surface area contributed by atoms with Gasteiger partial charge in [0.2, 0.25) is 11.8 Å². The average Bonchev–Trinajstić information content (AvgIpc) is 2.45. The van der Waals surface area contributed by atoms with Gasteiger partial charge >= 0.3 is 0 Å². The van der Waals surface area contributed by atoms with Crippen molar-refractivity contribution in [2.45, 2.75) is 12.5 Å². The maximum absolute atomic E-state index is 12.0. The Hall–Kier alpha value is -1.18. The van der Waals surface area contributed by atoms with Crippen molar-refractivity contribution in [1.29, 1.82) is 0 Å². The fraction of sp³-hybridized carbons (Fsp3) is 0.833. The molecule has 1 saturated heterocycles. The van der Waals surface area contributed by atoms with Crippen LogP contribution >= 0.6 is 0 Å². The highest BCUT2D eigenvalue weighted by molar-refractivity contribution is 5.79. The van der Waals surface area contributed by atoms with Crippen LogP contribution < -0.4 is 5.73 Å². The Morgan fingerprint density at radius 2 is 1.63 bits per heavy atom. The van der Waals surface area contributed by atoms with Crippen LogP contribution in [0.25, 0.3) is 0 Å². The lowest BCUT2D eigenvalue weighted by Gasteiger charge is -2.35. The zero-order chi connectivity index (χ0) is 14.3. The number of amides is 2. The van der Waals surface area contributed by atoms with Crippen molar-refractivity contribution < 1.29 is 19.1 Å². The largest absolute Gasteiger partial charge is 0.380 e. The van der Waals surface area contributed by atoms with E-state index in [9.17, 15) is 9.59 Å². The summed E-state index contributed by atoms with van der Waals surface area (Å²) in [6, 6.07) is 0. The first-order valence-corrected chi connectivity index (χ1v) is 6.39. The van der Waals surface area contributed by atoms with Gasteiger partial charge in [-0.1, -0.05) is 0 Å². The minimum Gasteiger partial charge on any atom is -0.380 e. The molecule has 0 radical (unpaired) electrons. The van der Waals surface area contributed by atoms with Crippen LogP contribution in [0.3, 0.4) is 0 Å². The first kappa shape index (κ1) is 15.9. The fourth-order valence-electron chi connectivity index (χ4n) is 2.01. The lowest BCUT2D eigenvalue weighted by molar-refractivity contribution is -0.142. The third-order valence-corrected chi connectivity index (χ3v) is 3.25. The summed E-state index contributed by atoms with van der Waals surface area (Å²) >= 11 is 0. The molecule has 7 heteroatoms. The monoisotopic (exact) mass is 273 g/mol. The number of nitrogens with two attached hydrogens (primary N) is 1. The second-order valence-corrected chi connectivity index (χ2v) is 4.49. The maximum atomic E-state index is 12.0. The SMILES string of the molecule is COCC(=O)N1CCN(C(=O)CC(CN)OC)CC1. The summed E-state index contributed by atoms with van der Waals surface area (Å²) in [6.45, 7) is 2.62. The molecule has 1 aliphatic rings. The number of hydrogen-bond acceptors (Lipinski definition) is 5. The number of piperazine rings is 1. The van der Waals surface area contributed by atoms with Crippen molar-refractivity contribution in [3.8, 4) is 0 Å². The molecule has 2 N–H and O–H groups in total. The van der Waals surface area contributed by atoms with E-state index in [0.29, 0.717) is 39.1 Å². The minimum atomic E-state index is -0.236. The quantitative estimate of drug-likeness (QED) is 0.648. The number of methoxy groups -OCH3 is 2. The van der Waals surface area contributed by atoms with Gasteiger partial charge in [-0.25, -0.2) is 0 Å². The molecular formula is C12H23N3O4. The van der Waals surface area contributed by atoms with Gasteiger partial charge in [-0.05, 0) is 0 Å². The van der Waals surface area contributed by atoms with Gasteiger partial charge in [0.05, 0.1) is 12.5 Å². The lowest BCUT2D eigenvalue weighted by atomic mass is 10.2. The zero-order valence-corrected chi connectivity index (χ0v) is 11.6. The van der Waals surface area contributed by atoms with E-state index in [2.05, 4.69) is 0 Å². The van der Waals surface area contributed by atoms with Gasteiger partial charge < -0.3 is 25.0 Å². The Morgan fingerprint density at radius 1 is 1.11 bits per heavy atom. The number of nitrogens with zero attached hydrogens (tertiary/aromatic N) is 2. The van der Waals surface area contributed by atoms with Crippen LogP contribution in [0, 0.1) is 0 Å². The summed E-state index contributed by atoms with van der Waals surface area (Å²) in [5, 5.41) is 0. The normalized spacial score (nSPS) is 17.4. The molecule has 0 aromatic heterocycles. The highest BCUT2D eigenvalue weighted by Crippen LogP contribution is 2.07. The van der Waals surface area contributed by atoms with E-state index < -0.39 is 0 Å². The molecule has 1 fully saturated rings. The fourth-order valence-corrected chi connectivity index (χ4v) is 2.01. The second-order valence-electron chi connectivity index (χ2n) is 4.49. The molecule has 0 aromatic rings. The van der Waals surface area contributed by atoms with Gasteiger partial charge in [-0.3, -0.25) is 9.59 Å². The number of carbonyl (C=O) groups excluding carboxylic acids is 2. The van der Waals surface area contributed by atoms with Crippen molar-refractivity contribution in [3.63, 3.8) is 0 Å². The molecule has 110 valence electrons. The van der Waals surface area contributed by atoms with E-state index in [1.54, 1.807) is 16.9 Å². The number of rotatable bonds is 6. The molecular weight excluding hydrogens is 250 g/mol. The van der Waals surface area contributed by atoms with E-state index in [1.165, 1.54) is 7.11 Å². The zero-order valence-electron chi connectivity index (χ0n) is 11.6. The van der Waals surface area contributed by atoms with Crippen molar-refractivity contribution in [3.05, 3.63) is 0 Å². The van der Waals surface area contributed by atoms with Crippen LogP contribution in [0.1, 0.15) is 6.42 Å². The summed E-state index contributed by atoms with van der Waals surface area (Å²) in [5.41, 5.74) is 5.49. The smallest absolute Gasteiger partial charge is 0.248 e. The van der Waals surface area contributed by atoms with Crippen LogP contribution in [-0.2, 0) is 19.1 Å². The molecule has 1 heterocycles. The first-order valence-electron chi connectivity index (χ1n) is 6.39. The van der Waals surface area contributed by atoms with Gasteiger partial charge in [-0.2, -0.15) is 0 Å². The van der Waals surface area contributed by atoms with E-state index >= 15 is 0 Å². The predicted octanol–water partition coefficient (Wildman–Crippen LogP) is -1.33. The highest BCUT2D eigenvalue weighted by Gasteiger charge is 2.25. The first-order chi connectivity index (χ1) is 9.12. The van der Waals surface area contributed by atoms with E-state index in [4.69, 9.17) is 15.2 Å². The molecule has 7 nitrogen and oxygen atoms in total. The summed E-state index contributed by atoms with van der Waals surface area (Å²) in [6.07, 6.45) is 0.0552. The Balaban J connectivity index is 2.36. The molecule has 0 bridgehead atoms. The molecule has 2 amide bonds. The molecule has 0 aromatic carbocycles. The van der Waals surface area contributed by atoms with Crippen molar-refractivity contribution >= 4 is 11.8 Å². The molecule has 0 aliphatic carbocycles. The van der Waals surface area contributed by atoms with Crippen molar-refractivity contribution in [2.75, 3.05) is 53.6 Å². The number of carbonyl (C=O) groups is 2. The van der Waals surface area contributed by atoms with E-state index in [1.807, 2.05) is 0 Å². The van der Waals surface area contributed by atoms with Crippen LogP contribution in [0.5, 0.6) is 0 Å². The lowest BCUT2D eigenvalue weighted by Crippen LogP contribution is -2.52. The highest BCUT2D eigenvalue weighted by atomic mass is 16.5. The molecule has 1 aliphatic heterocycles. The molecule has 0 saturated carbocycles. The van der Waals surface area contributed by atoms with Gasteiger partial charge in [0.15, 0.2) is 0 Å². The summed E-state index contributed by atoms with van der Waals surface area (Å²) in [5.74, 6) is -0.0116. The number of hydrogen-bond donors (Lipinski definition) is 1. The number of ether oxygens (including phenoxy) is 2. The van der Waals surface area contributed by atoms with Crippen LogP contribution in [-0.4, -0.2) is 81.3 Å². The third-order valence-electron chi connectivity index (χ3n) is 3.25. The van der Waals surface area contributed by atoms with Crippen LogP contribution in [0.4, 0.5) is 0 Å². The molecule has 1 atom stereocenters. The minimum absolute atomic E-state index is 0.0242. The molecule has 1 rings (SSSR count). The Labute approximate surface area is 113 Å². The van der Waals surface area contributed by atoms with Gasteiger partial charge in [-0.15, -0.1) is 0 Å². The van der Waals surface area contributed by atoms with E-state index in [-0.39, 0.29) is 24.5 Å². The maximum Gasteiger partial charge on any atom is 0.248 e. The molecule has 19 heavy (non-hydrogen) atoms. The summed E-state index contributed by atoms with van der Waals surface area (Å²) in [4.78, 5) is 27.1. The summed E-state index contributed by atoms with van der Waals surface area (Å²) in [7, 11) is 3.04. The molecule has 0 spiro atoms. The van der Waals surface area contributed by atoms with Crippen molar-refractivity contribution in [2.24, 2.45) is 5.73 Å². The Kier molecular flexibility index (Phi) is 6.75. The Morgan fingerprint density at radius 3 is 2.05 bits per heavy atom. The van der Waals surface area contributed by atoms with E-state index in [0.717, 1.165) is 0 Å². The summed E-state index contributed by atoms with van der Waals surface area (Å²) < 4.78 is 9.91. The van der Waals surface area contributed by atoms with Gasteiger partial charge in [0, 0.05) is 46.9 Å². The van der Waals surface area contributed by atoms with Crippen LogP contribution in [0.2, 0.25) is 0 Å². The average molecular weight is 273 g/mol.